The topological polar surface area (TPSA) is 123 Å². The van der Waals surface area contributed by atoms with Crippen molar-refractivity contribution in [3.05, 3.63) is 86.7 Å². The number of hydrogen-bond acceptors (Lipinski definition) is 8. The molecular weight excluding hydrogens is 442 g/mol. The zero-order valence-corrected chi connectivity index (χ0v) is 19.1. The van der Waals surface area contributed by atoms with Crippen LogP contribution in [-0.4, -0.2) is 40.9 Å². The van der Waals surface area contributed by atoms with Gasteiger partial charge in [0.2, 0.25) is 0 Å². The maximum Gasteiger partial charge on any atom is 0.343 e. The summed E-state index contributed by atoms with van der Waals surface area (Å²) in [5.41, 5.74) is 2.61. The summed E-state index contributed by atoms with van der Waals surface area (Å²) in [6.45, 7) is 3.56. The number of aromatic nitrogens is 2. The van der Waals surface area contributed by atoms with E-state index in [-0.39, 0.29) is 11.4 Å². The third-order valence-corrected chi connectivity index (χ3v) is 5.05. The minimum Gasteiger partial charge on any atom is -0.493 e. The number of aryl methyl sites for hydroxylation is 1. The van der Waals surface area contributed by atoms with Crippen molar-refractivity contribution in [2.45, 2.75) is 20.4 Å². The van der Waals surface area contributed by atoms with Gasteiger partial charge in [-0.05, 0) is 55.3 Å². The monoisotopic (exact) mass is 465 g/mol. The molecule has 10 nitrogen and oxygen atoms in total. The number of carbonyl (C=O) groups is 2. The number of benzene rings is 2. The Morgan fingerprint density at radius 1 is 1.09 bits per heavy atom. The van der Waals surface area contributed by atoms with Gasteiger partial charge in [0, 0.05) is 6.08 Å². The van der Waals surface area contributed by atoms with Crippen molar-refractivity contribution in [2.75, 3.05) is 14.2 Å². The standard InChI is InChI=1S/C24H23N3O7/c1-15-23(27(30)31)16(2)26(25-15)14-18-5-9-19(10-6-18)24(29)34-20-11-7-17(13-21(20)32-3)8-12-22(28)33-4/h5-13H,14H2,1-4H3/b12-8+. The molecule has 0 aliphatic rings. The summed E-state index contributed by atoms with van der Waals surface area (Å²) in [5, 5.41) is 15.4. The lowest BCUT2D eigenvalue weighted by Gasteiger charge is -2.10. The van der Waals surface area contributed by atoms with Crippen LogP contribution in [0.1, 0.15) is 32.9 Å². The number of nitrogens with zero attached hydrogens (tertiary/aromatic N) is 3. The third-order valence-electron chi connectivity index (χ3n) is 5.05. The highest BCUT2D eigenvalue weighted by Crippen LogP contribution is 2.29. The molecule has 3 aromatic rings. The van der Waals surface area contributed by atoms with Gasteiger partial charge in [0.1, 0.15) is 11.4 Å². The van der Waals surface area contributed by atoms with Crippen LogP contribution in [0.25, 0.3) is 6.08 Å². The van der Waals surface area contributed by atoms with Crippen molar-refractivity contribution in [3.63, 3.8) is 0 Å². The van der Waals surface area contributed by atoms with E-state index in [4.69, 9.17) is 9.47 Å². The smallest absolute Gasteiger partial charge is 0.343 e. The van der Waals surface area contributed by atoms with Gasteiger partial charge < -0.3 is 14.2 Å². The largest absolute Gasteiger partial charge is 0.493 e. The molecule has 176 valence electrons. The van der Waals surface area contributed by atoms with Crippen molar-refractivity contribution >= 4 is 23.7 Å². The summed E-state index contributed by atoms with van der Waals surface area (Å²) >= 11 is 0. The molecule has 1 heterocycles. The Hall–Kier alpha value is -4.47. The molecule has 0 aliphatic carbocycles. The van der Waals surface area contributed by atoms with Crippen molar-refractivity contribution in [1.29, 1.82) is 0 Å². The zero-order chi connectivity index (χ0) is 24.8. The molecule has 3 rings (SSSR count). The van der Waals surface area contributed by atoms with Crippen LogP contribution in [0, 0.1) is 24.0 Å². The van der Waals surface area contributed by atoms with Crippen molar-refractivity contribution in [1.82, 2.24) is 9.78 Å². The number of esters is 2. The molecule has 0 amide bonds. The Balaban J connectivity index is 1.72. The van der Waals surface area contributed by atoms with Crippen LogP contribution in [0.4, 0.5) is 5.69 Å². The first-order valence-electron chi connectivity index (χ1n) is 10.2. The van der Waals surface area contributed by atoms with Gasteiger partial charge in [-0.1, -0.05) is 18.2 Å². The molecule has 0 atom stereocenters. The van der Waals surface area contributed by atoms with Crippen molar-refractivity contribution < 1.29 is 28.7 Å². The van der Waals surface area contributed by atoms with E-state index in [2.05, 4.69) is 9.84 Å². The Kier molecular flexibility index (Phi) is 7.42. The zero-order valence-electron chi connectivity index (χ0n) is 19.1. The number of methoxy groups -OCH3 is 2. The number of carbonyl (C=O) groups excluding carboxylic acids is 2. The molecule has 1 aromatic heterocycles. The molecule has 0 unspecified atom stereocenters. The Bertz CT molecular complexity index is 1260. The van der Waals surface area contributed by atoms with E-state index < -0.39 is 16.9 Å². The third kappa shape index (κ3) is 5.47. The van der Waals surface area contributed by atoms with Crippen LogP contribution in [0.2, 0.25) is 0 Å². The summed E-state index contributed by atoms with van der Waals surface area (Å²) in [7, 11) is 2.73. The van der Waals surface area contributed by atoms with Crippen molar-refractivity contribution in [3.8, 4) is 11.5 Å². The number of hydrogen-bond donors (Lipinski definition) is 0. The van der Waals surface area contributed by atoms with Gasteiger partial charge in [-0.2, -0.15) is 5.10 Å². The fourth-order valence-corrected chi connectivity index (χ4v) is 3.29. The van der Waals surface area contributed by atoms with E-state index in [0.717, 1.165) is 5.56 Å². The summed E-state index contributed by atoms with van der Waals surface area (Å²) in [6.07, 6.45) is 2.82. The normalized spacial score (nSPS) is 10.8. The number of nitro groups is 1. The van der Waals surface area contributed by atoms with Crippen LogP contribution in [0.3, 0.4) is 0 Å². The second-order valence-electron chi connectivity index (χ2n) is 7.29. The van der Waals surface area contributed by atoms with E-state index in [1.54, 1.807) is 67.1 Å². The van der Waals surface area contributed by atoms with Crippen LogP contribution < -0.4 is 9.47 Å². The van der Waals surface area contributed by atoms with E-state index >= 15 is 0 Å². The molecule has 0 saturated carbocycles. The molecule has 2 aromatic carbocycles. The fourth-order valence-electron chi connectivity index (χ4n) is 3.29. The van der Waals surface area contributed by atoms with Crippen LogP contribution in [0.5, 0.6) is 11.5 Å². The highest BCUT2D eigenvalue weighted by Gasteiger charge is 2.21. The summed E-state index contributed by atoms with van der Waals surface area (Å²) in [6, 6.07) is 11.5. The molecule has 0 N–H and O–H groups in total. The number of ether oxygens (including phenoxy) is 3. The first-order valence-corrected chi connectivity index (χ1v) is 10.2. The molecular formula is C24H23N3O7. The number of rotatable bonds is 8. The van der Waals surface area contributed by atoms with Gasteiger partial charge in [0.05, 0.1) is 31.3 Å². The Morgan fingerprint density at radius 2 is 1.79 bits per heavy atom. The summed E-state index contributed by atoms with van der Waals surface area (Å²) in [4.78, 5) is 34.6. The molecule has 34 heavy (non-hydrogen) atoms. The van der Waals surface area contributed by atoms with Crippen LogP contribution in [-0.2, 0) is 16.1 Å². The highest BCUT2D eigenvalue weighted by atomic mass is 16.6. The molecule has 0 fully saturated rings. The molecule has 0 aliphatic heterocycles. The Morgan fingerprint density at radius 3 is 2.38 bits per heavy atom. The van der Waals surface area contributed by atoms with Gasteiger partial charge in [0.15, 0.2) is 11.5 Å². The van der Waals surface area contributed by atoms with Crippen LogP contribution >= 0.6 is 0 Å². The maximum absolute atomic E-state index is 12.6. The molecule has 0 bridgehead atoms. The summed E-state index contributed by atoms with van der Waals surface area (Å²) in [5.74, 6) is -0.525. The van der Waals surface area contributed by atoms with Crippen molar-refractivity contribution in [2.24, 2.45) is 0 Å². The predicted octanol–water partition coefficient (Wildman–Crippen LogP) is 3.87. The van der Waals surface area contributed by atoms with Gasteiger partial charge in [-0.15, -0.1) is 0 Å². The molecule has 0 radical (unpaired) electrons. The summed E-state index contributed by atoms with van der Waals surface area (Å²) < 4.78 is 16.9. The van der Waals surface area contributed by atoms with Gasteiger partial charge in [-0.3, -0.25) is 14.8 Å². The van der Waals surface area contributed by atoms with Gasteiger partial charge in [0.25, 0.3) is 0 Å². The Labute approximate surface area is 195 Å². The first kappa shape index (κ1) is 24.2. The average Bonchev–Trinajstić information content (AvgIpc) is 3.10. The first-order chi connectivity index (χ1) is 16.2. The molecule has 0 spiro atoms. The second kappa shape index (κ2) is 10.4. The average molecular weight is 465 g/mol. The van der Waals surface area contributed by atoms with E-state index in [1.165, 1.54) is 20.3 Å². The lowest BCUT2D eigenvalue weighted by molar-refractivity contribution is -0.386. The minimum absolute atomic E-state index is 0.000880. The lowest BCUT2D eigenvalue weighted by atomic mass is 10.1. The van der Waals surface area contributed by atoms with E-state index in [0.29, 0.717) is 34.8 Å². The molecule has 10 heteroatoms. The molecule has 0 saturated heterocycles. The SMILES string of the molecule is COC(=O)/C=C/c1ccc(OC(=O)c2ccc(Cn3nc(C)c([N+](=O)[O-])c3C)cc2)c(OC)c1. The highest BCUT2D eigenvalue weighted by molar-refractivity contribution is 5.91. The fraction of sp³-hybridized carbons (Fsp3) is 0.208. The van der Waals surface area contributed by atoms with E-state index in [9.17, 15) is 19.7 Å². The maximum atomic E-state index is 12.6. The minimum atomic E-state index is -0.579. The lowest BCUT2D eigenvalue weighted by Crippen LogP contribution is -2.10. The van der Waals surface area contributed by atoms with Crippen LogP contribution in [0.15, 0.2) is 48.5 Å². The predicted molar refractivity (Wildman–Crippen MR) is 123 cm³/mol. The van der Waals surface area contributed by atoms with E-state index in [1.807, 2.05) is 0 Å². The second-order valence-corrected chi connectivity index (χ2v) is 7.29. The quantitative estimate of drug-likeness (QED) is 0.161. The van der Waals surface area contributed by atoms with Gasteiger partial charge in [-0.25, -0.2) is 9.59 Å². The van der Waals surface area contributed by atoms with Gasteiger partial charge >= 0.3 is 17.6 Å².